The number of ether oxygens (including phenoxy) is 3. The van der Waals surface area contributed by atoms with Crippen molar-refractivity contribution in [3.05, 3.63) is 23.3 Å². The summed E-state index contributed by atoms with van der Waals surface area (Å²) in [4.78, 5) is 11.4. The molecule has 1 fully saturated rings. The molecule has 1 aliphatic heterocycles. The van der Waals surface area contributed by atoms with E-state index in [4.69, 9.17) is 14.2 Å². The molecular weight excluding hydrogens is 248 g/mol. The molecule has 1 N–H and O–H groups in total. The monoisotopic (exact) mass is 266 g/mol. The lowest BCUT2D eigenvalue weighted by Gasteiger charge is -2.37. The van der Waals surface area contributed by atoms with Crippen molar-refractivity contribution in [2.24, 2.45) is 5.41 Å². The summed E-state index contributed by atoms with van der Waals surface area (Å²) in [7, 11) is 3.18. The van der Waals surface area contributed by atoms with Crippen LogP contribution >= 0.6 is 0 Å². The minimum Gasteiger partial charge on any atom is -0.496 e. The summed E-state index contributed by atoms with van der Waals surface area (Å²) in [5.74, 6) is 0.594. The number of hydrogen-bond donors (Lipinski definition) is 1. The molecule has 104 valence electrons. The average molecular weight is 266 g/mol. The van der Waals surface area contributed by atoms with Gasteiger partial charge in [-0.2, -0.15) is 0 Å². The van der Waals surface area contributed by atoms with Gasteiger partial charge in [0, 0.05) is 5.56 Å². The number of hydrogen-bond acceptors (Lipinski definition) is 4. The van der Waals surface area contributed by atoms with E-state index in [1.165, 1.54) is 0 Å². The zero-order valence-corrected chi connectivity index (χ0v) is 11.4. The number of carboxylic acid groups (broad SMARTS) is 1. The van der Waals surface area contributed by atoms with Crippen molar-refractivity contribution in [2.45, 2.75) is 13.3 Å². The SMILES string of the molecule is COc1ccc(CC2(C(=O)O)COC2)c(OC)c1C. The number of carboxylic acids is 1. The molecule has 0 saturated carbocycles. The molecule has 1 aliphatic rings. The smallest absolute Gasteiger partial charge is 0.314 e. The Kier molecular flexibility index (Phi) is 3.66. The molecule has 19 heavy (non-hydrogen) atoms. The molecule has 0 radical (unpaired) electrons. The highest BCUT2D eigenvalue weighted by atomic mass is 16.5. The van der Waals surface area contributed by atoms with Crippen LogP contribution in [0.4, 0.5) is 0 Å². The highest BCUT2D eigenvalue weighted by Gasteiger charge is 2.46. The Morgan fingerprint density at radius 2 is 2.05 bits per heavy atom. The van der Waals surface area contributed by atoms with E-state index in [-0.39, 0.29) is 13.2 Å². The van der Waals surface area contributed by atoms with Crippen molar-refractivity contribution < 1.29 is 24.1 Å². The topological polar surface area (TPSA) is 65.0 Å². The molecule has 0 aliphatic carbocycles. The lowest BCUT2D eigenvalue weighted by molar-refractivity contribution is -0.179. The molecular formula is C14H18O5. The number of methoxy groups -OCH3 is 2. The highest BCUT2D eigenvalue weighted by Crippen LogP contribution is 2.38. The highest BCUT2D eigenvalue weighted by molar-refractivity contribution is 5.76. The predicted molar refractivity (Wildman–Crippen MR) is 68.9 cm³/mol. The van der Waals surface area contributed by atoms with Gasteiger partial charge >= 0.3 is 5.97 Å². The molecule has 1 aromatic carbocycles. The minimum absolute atomic E-state index is 0.247. The molecule has 0 spiro atoms. The van der Waals surface area contributed by atoms with Crippen LogP contribution < -0.4 is 9.47 Å². The molecule has 0 bridgehead atoms. The molecule has 1 saturated heterocycles. The minimum atomic E-state index is -0.825. The fourth-order valence-corrected chi connectivity index (χ4v) is 2.39. The second kappa shape index (κ2) is 5.09. The lowest BCUT2D eigenvalue weighted by Crippen LogP contribution is -2.50. The molecule has 5 heteroatoms. The normalized spacial score (nSPS) is 16.6. The zero-order chi connectivity index (χ0) is 14.0. The van der Waals surface area contributed by atoms with E-state index >= 15 is 0 Å². The fraction of sp³-hybridized carbons (Fsp3) is 0.500. The third-order valence-corrected chi connectivity index (χ3v) is 3.60. The Morgan fingerprint density at radius 3 is 2.47 bits per heavy atom. The Morgan fingerprint density at radius 1 is 1.37 bits per heavy atom. The van der Waals surface area contributed by atoms with E-state index in [1.54, 1.807) is 14.2 Å². The van der Waals surface area contributed by atoms with Gasteiger partial charge in [0.15, 0.2) is 0 Å². The second-order valence-corrected chi connectivity index (χ2v) is 4.84. The van der Waals surface area contributed by atoms with Crippen molar-refractivity contribution in [3.63, 3.8) is 0 Å². The molecule has 0 atom stereocenters. The van der Waals surface area contributed by atoms with Gasteiger partial charge in [0.25, 0.3) is 0 Å². The molecule has 5 nitrogen and oxygen atoms in total. The summed E-state index contributed by atoms with van der Waals surface area (Å²) in [5.41, 5.74) is 0.920. The van der Waals surface area contributed by atoms with Crippen molar-refractivity contribution in [2.75, 3.05) is 27.4 Å². The van der Waals surface area contributed by atoms with Crippen LogP contribution in [-0.4, -0.2) is 38.5 Å². The van der Waals surface area contributed by atoms with E-state index in [0.717, 1.165) is 16.9 Å². The first-order valence-electron chi connectivity index (χ1n) is 6.05. The predicted octanol–water partition coefficient (Wildman–Crippen LogP) is 1.66. The lowest BCUT2D eigenvalue weighted by atomic mass is 9.79. The summed E-state index contributed by atoms with van der Waals surface area (Å²) in [6.45, 7) is 2.39. The van der Waals surface area contributed by atoms with Crippen molar-refractivity contribution >= 4 is 5.97 Å². The Hall–Kier alpha value is -1.75. The Balaban J connectivity index is 2.35. The van der Waals surface area contributed by atoms with Gasteiger partial charge in [0.05, 0.1) is 27.4 Å². The zero-order valence-electron chi connectivity index (χ0n) is 11.4. The second-order valence-electron chi connectivity index (χ2n) is 4.84. The van der Waals surface area contributed by atoms with Crippen LogP contribution in [0.5, 0.6) is 11.5 Å². The van der Waals surface area contributed by atoms with Gasteiger partial charge < -0.3 is 19.3 Å². The Labute approximate surface area is 112 Å². The van der Waals surface area contributed by atoms with E-state index in [1.807, 2.05) is 19.1 Å². The van der Waals surface area contributed by atoms with Crippen LogP contribution in [0.2, 0.25) is 0 Å². The summed E-state index contributed by atoms with van der Waals surface area (Å²) in [5, 5.41) is 9.33. The van der Waals surface area contributed by atoms with Gasteiger partial charge in [-0.25, -0.2) is 0 Å². The van der Waals surface area contributed by atoms with E-state index in [9.17, 15) is 9.90 Å². The first-order chi connectivity index (χ1) is 9.04. The summed E-state index contributed by atoms with van der Waals surface area (Å²) < 4.78 is 15.7. The maximum absolute atomic E-state index is 11.4. The van der Waals surface area contributed by atoms with Crippen LogP contribution in [0, 0.1) is 12.3 Å². The van der Waals surface area contributed by atoms with Crippen LogP contribution in [0.1, 0.15) is 11.1 Å². The van der Waals surface area contributed by atoms with Gasteiger partial charge in [0.2, 0.25) is 0 Å². The van der Waals surface area contributed by atoms with Gasteiger partial charge in [-0.15, -0.1) is 0 Å². The fourth-order valence-electron chi connectivity index (χ4n) is 2.39. The maximum atomic E-state index is 11.4. The maximum Gasteiger partial charge on any atom is 0.314 e. The summed E-state index contributed by atoms with van der Waals surface area (Å²) in [6.07, 6.45) is 0.399. The molecule has 1 heterocycles. The number of benzene rings is 1. The average Bonchev–Trinajstić information content (AvgIpc) is 2.33. The number of aliphatic carboxylic acids is 1. The van der Waals surface area contributed by atoms with Gasteiger partial charge in [0.1, 0.15) is 16.9 Å². The number of carbonyl (C=O) groups is 1. The molecule has 0 amide bonds. The molecule has 1 aromatic rings. The molecule has 0 aromatic heterocycles. The van der Waals surface area contributed by atoms with Crippen LogP contribution in [-0.2, 0) is 16.0 Å². The number of rotatable bonds is 5. The third-order valence-electron chi connectivity index (χ3n) is 3.60. The van der Waals surface area contributed by atoms with Crippen molar-refractivity contribution in [1.82, 2.24) is 0 Å². The van der Waals surface area contributed by atoms with Crippen molar-refractivity contribution in [1.29, 1.82) is 0 Å². The molecule has 2 rings (SSSR count). The first kappa shape index (κ1) is 13.7. The first-order valence-corrected chi connectivity index (χ1v) is 6.05. The summed E-state index contributed by atoms with van der Waals surface area (Å²) >= 11 is 0. The van der Waals surface area contributed by atoms with E-state index in [2.05, 4.69) is 0 Å². The largest absolute Gasteiger partial charge is 0.496 e. The summed E-state index contributed by atoms with van der Waals surface area (Å²) in [6, 6.07) is 3.69. The van der Waals surface area contributed by atoms with Crippen LogP contribution in [0.15, 0.2) is 12.1 Å². The third kappa shape index (κ3) is 2.26. The van der Waals surface area contributed by atoms with Gasteiger partial charge in [-0.1, -0.05) is 6.07 Å². The Bertz CT molecular complexity index is 491. The van der Waals surface area contributed by atoms with E-state index < -0.39 is 11.4 Å². The standard InChI is InChI=1S/C14H18O5/c1-9-11(17-2)5-4-10(12(9)18-3)6-14(13(15)16)7-19-8-14/h4-5H,6-8H2,1-3H3,(H,15,16). The van der Waals surface area contributed by atoms with Crippen LogP contribution in [0.3, 0.4) is 0 Å². The molecule has 0 unspecified atom stereocenters. The van der Waals surface area contributed by atoms with E-state index in [0.29, 0.717) is 12.2 Å². The van der Waals surface area contributed by atoms with Crippen molar-refractivity contribution in [3.8, 4) is 11.5 Å². The van der Waals surface area contributed by atoms with Gasteiger partial charge in [-0.05, 0) is 25.0 Å². The quantitative estimate of drug-likeness (QED) is 0.878. The van der Waals surface area contributed by atoms with Crippen LogP contribution in [0.25, 0.3) is 0 Å². The van der Waals surface area contributed by atoms with Gasteiger partial charge in [-0.3, -0.25) is 4.79 Å².